The summed E-state index contributed by atoms with van der Waals surface area (Å²) in [7, 11) is -3.75. The van der Waals surface area contributed by atoms with Gasteiger partial charge in [0.2, 0.25) is 15.8 Å². The van der Waals surface area contributed by atoms with E-state index in [9.17, 15) is 30.4 Å². The van der Waals surface area contributed by atoms with Crippen molar-refractivity contribution in [3.8, 4) is 11.5 Å². The van der Waals surface area contributed by atoms with E-state index in [1.807, 2.05) is 35.1 Å². The SMILES string of the molecule is COc1cc(N(CCNS(=O)(=O)c2c(F)c(F)c(F)c(F)c2F)c2ccc(C(=N)N)cc2)ccc1OCc1ccccc1. The Morgan fingerprint density at radius 2 is 1.42 bits per heavy atom. The van der Waals surface area contributed by atoms with Gasteiger partial charge in [-0.25, -0.2) is 35.1 Å². The Morgan fingerprint density at radius 1 is 0.837 bits per heavy atom. The molecule has 14 heteroatoms. The highest BCUT2D eigenvalue weighted by atomic mass is 32.2. The molecule has 0 heterocycles. The highest BCUT2D eigenvalue weighted by Gasteiger charge is 2.33. The number of hydrogen-bond donors (Lipinski definition) is 3. The number of nitrogens with two attached hydrogens (primary N) is 1. The molecule has 0 unspecified atom stereocenters. The van der Waals surface area contributed by atoms with E-state index in [1.165, 1.54) is 7.11 Å². The predicted octanol–water partition coefficient (Wildman–Crippen LogP) is 5.37. The molecule has 43 heavy (non-hydrogen) atoms. The molecule has 0 saturated heterocycles. The van der Waals surface area contributed by atoms with Gasteiger partial charge in [-0.05, 0) is 42.0 Å². The minimum Gasteiger partial charge on any atom is -0.493 e. The lowest BCUT2D eigenvalue weighted by atomic mass is 10.1. The van der Waals surface area contributed by atoms with E-state index < -0.39 is 50.5 Å². The van der Waals surface area contributed by atoms with Gasteiger partial charge < -0.3 is 20.1 Å². The minimum absolute atomic E-state index is 0.179. The lowest BCUT2D eigenvalue weighted by Crippen LogP contribution is -2.34. The summed E-state index contributed by atoms with van der Waals surface area (Å²) in [6, 6.07) is 20.6. The van der Waals surface area contributed by atoms with Crippen LogP contribution in [0.2, 0.25) is 0 Å². The summed E-state index contributed by atoms with van der Waals surface area (Å²) in [5.74, 6) is -11.6. The first-order valence-corrected chi connectivity index (χ1v) is 14.0. The van der Waals surface area contributed by atoms with Crippen LogP contribution in [0.25, 0.3) is 0 Å². The summed E-state index contributed by atoms with van der Waals surface area (Å²) < 4.78 is 108. The van der Waals surface area contributed by atoms with Gasteiger partial charge in [-0.15, -0.1) is 0 Å². The maximum Gasteiger partial charge on any atom is 0.246 e. The molecule has 0 aliphatic heterocycles. The average molecular weight is 621 g/mol. The summed E-state index contributed by atoms with van der Waals surface area (Å²) in [4.78, 5) is -0.392. The van der Waals surface area contributed by atoms with Crippen molar-refractivity contribution in [1.82, 2.24) is 4.72 Å². The molecule has 0 radical (unpaired) electrons. The summed E-state index contributed by atoms with van der Waals surface area (Å²) in [6.45, 7) is -0.446. The number of sulfonamides is 1. The van der Waals surface area contributed by atoms with Crippen LogP contribution in [0.1, 0.15) is 11.1 Å². The molecule has 226 valence electrons. The van der Waals surface area contributed by atoms with E-state index in [1.54, 1.807) is 47.4 Å². The molecule has 0 aromatic heterocycles. The van der Waals surface area contributed by atoms with Crippen molar-refractivity contribution in [3.63, 3.8) is 0 Å². The number of halogens is 5. The van der Waals surface area contributed by atoms with Gasteiger partial charge in [0, 0.05) is 36.1 Å². The maximum absolute atomic E-state index is 14.2. The van der Waals surface area contributed by atoms with Gasteiger partial charge in [-0.1, -0.05) is 30.3 Å². The van der Waals surface area contributed by atoms with Crippen molar-refractivity contribution in [2.24, 2.45) is 5.73 Å². The molecule has 0 bridgehead atoms. The number of anilines is 2. The van der Waals surface area contributed by atoms with Gasteiger partial charge in [-0.3, -0.25) is 5.41 Å². The number of methoxy groups -OCH3 is 1. The number of rotatable bonds is 12. The molecule has 0 atom stereocenters. The number of nitrogens with zero attached hydrogens (tertiary/aromatic N) is 1. The van der Waals surface area contributed by atoms with Crippen LogP contribution in [0.15, 0.2) is 77.7 Å². The Kier molecular flexibility index (Phi) is 9.51. The number of nitrogens with one attached hydrogen (secondary N) is 2. The molecular formula is C29H25F5N4O4S. The van der Waals surface area contributed by atoms with Gasteiger partial charge in [0.1, 0.15) is 12.4 Å². The normalized spacial score (nSPS) is 11.3. The van der Waals surface area contributed by atoms with Crippen LogP contribution in [0, 0.1) is 34.5 Å². The van der Waals surface area contributed by atoms with E-state index in [2.05, 4.69) is 0 Å². The Bertz CT molecular complexity index is 1710. The van der Waals surface area contributed by atoms with Crippen LogP contribution in [-0.4, -0.2) is 34.5 Å². The molecule has 4 aromatic carbocycles. The van der Waals surface area contributed by atoms with Gasteiger partial charge in [0.15, 0.2) is 39.7 Å². The molecule has 4 rings (SSSR count). The van der Waals surface area contributed by atoms with E-state index in [4.69, 9.17) is 20.6 Å². The van der Waals surface area contributed by atoms with Gasteiger partial charge in [-0.2, -0.15) is 0 Å². The molecule has 0 aliphatic carbocycles. The Balaban J connectivity index is 1.62. The van der Waals surface area contributed by atoms with Crippen molar-refractivity contribution < 1.29 is 39.8 Å². The van der Waals surface area contributed by atoms with Gasteiger partial charge in [0.05, 0.1) is 7.11 Å². The van der Waals surface area contributed by atoms with E-state index in [0.29, 0.717) is 28.4 Å². The van der Waals surface area contributed by atoms with Crippen LogP contribution in [0.3, 0.4) is 0 Å². The highest BCUT2D eigenvalue weighted by Crippen LogP contribution is 2.35. The first-order valence-electron chi connectivity index (χ1n) is 12.5. The fourth-order valence-corrected chi connectivity index (χ4v) is 5.25. The molecule has 8 nitrogen and oxygen atoms in total. The Morgan fingerprint density at radius 3 is 2.00 bits per heavy atom. The second-order valence-corrected chi connectivity index (χ2v) is 10.7. The fourth-order valence-electron chi connectivity index (χ4n) is 4.09. The number of nitrogen functional groups attached to an aromatic ring is 1. The zero-order valence-corrected chi connectivity index (χ0v) is 23.3. The van der Waals surface area contributed by atoms with Crippen LogP contribution in [0.5, 0.6) is 11.5 Å². The molecular weight excluding hydrogens is 595 g/mol. The standard InChI is InChI=1S/C29H25F5N4O4S/c1-41-22-15-20(11-12-21(22)42-16-17-5-3-2-4-6-17)38(19-9-7-18(8-10-19)29(35)36)14-13-37-43(39,40)28-26(33)24(31)23(30)25(32)27(28)34/h2-12,15,37H,13-14,16H2,1H3,(H3,35,36). The summed E-state index contributed by atoms with van der Waals surface area (Å²) in [5.41, 5.74) is 7.83. The van der Waals surface area contributed by atoms with Gasteiger partial charge in [0.25, 0.3) is 0 Å². The van der Waals surface area contributed by atoms with Gasteiger partial charge >= 0.3 is 0 Å². The van der Waals surface area contributed by atoms with Crippen LogP contribution >= 0.6 is 0 Å². The molecule has 0 aliphatic rings. The first-order chi connectivity index (χ1) is 20.4. The van der Waals surface area contributed by atoms with Crippen LogP contribution in [0.4, 0.5) is 33.3 Å². The zero-order valence-electron chi connectivity index (χ0n) is 22.5. The minimum atomic E-state index is -5.18. The molecule has 0 amide bonds. The Labute approximate surface area is 244 Å². The lowest BCUT2D eigenvalue weighted by molar-refractivity contribution is 0.284. The molecule has 4 aromatic rings. The van der Waals surface area contributed by atoms with Crippen LogP contribution < -0.4 is 24.8 Å². The quantitative estimate of drug-likeness (QED) is 0.0645. The van der Waals surface area contributed by atoms with Crippen molar-refractivity contribution in [1.29, 1.82) is 5.41 Å². The smallest absolute Gasteiger partial charge is 0.246 e. The van der Waals surface area contributed by atoms with Crippen molar-refractivity contribution in [2.75, 3.05) is 25.1 Å². The number of hydrogen-bond acceptors (Lipinski definition) is 6. The number of amidine groups is 1. The van der Waals surface area contributed by atoms with Crippen molar-refractivity contribution in [3.05, 3.63) is 113 Å². The maximum atomic E-state index is 14.2. The molecule has 0 saturated carbocycles. The van der Waals surface area contributed by atoms with Crippen molar-refractivity contribution >= 4 is 27.2 Å². The monoisotopic (exact) mass is 620 g/mol. The largest absolute Gasteiger partial charge is 0.493 e. The third kappa shape index (κ3) is 6.87. The number of benzene rings is 4. The van der Waals surface area contributed by atoms with E-state index in [-0.39, 0.29) is 19.0 Å². The van der Waals surface area contributed by atoms with E-state index >= 15 is 0 Å². The lowest BCUT2D eigenvalue weighted by Gasteiger charge is -2.26. The first kappa shape index (κ1) is 31.3. The summed E-state index contributed by atoms with van der Waals surface area (Å²) >= 11 is 0. The summed E-state index contributed by atoms with van der Waals surface area (Å²) in [6.07, 6.45) is 0. The van der Waals surface area contributed by atoms with E-state index in [0.717, 1.165) is 5.56 Å². The fraction of sp³-hybridized carbons (Fsp3) is 0.138. The highest BCUT2D eigenvalue weighted by molar-refractivity contribution is 7.89. The molecule has 0 fully saturated rings. The predicted molar refractivity (Wildman–Crippen MR) is 150 cm³/mol. The average Bonchev–Trinajstić information content (AvgIpc) is 3.00. The van der Waals surface area contributed by atoms with Crippen LogP contribution in [-0.2, 0) is 16.6 Å². The molecule has 0 spiro atoms. The zero-order chi connectivity index (χ0) is 31.3. The topological polar surface area (TPSA) is 118 Å². The third-order valence-corrected chi connectivity index (χ3v) is 7.73. The van der Waals surface area contributed by atoms with Crippen molar-refractivity contribution in [2.45, 2.75) is 11.5 Å². The number of ether oxygens (including phenoxy) is 2. The molecule has 4 N–H and O–H groups in total. The second-order valence-electron chi connectivity index (χ2n) is 9.02. The summed E-state index contributed by atoms with van der Waals surface area (Å²) in [5, 5.41) is 7.61. The third-order valence-electron chi connectivity index (χ3n) is 6.25. The Hall–Kier alpha value is -4.69. The second kappa shape index (κ2) is 13.1.